The zero-order valence-electron chi connectivity index (χ0n) is 18.1. The Bertz CT molecular complexity index is 1190. The lowest BCUT2D eigenvalue weighted by Gasteiger charge is -2.20. The van der Waals surface area contributed by atoms with Gasteiger partial charge < -0.3 is 14.8 Å². The van der Waals surface area contributed by atoms with Crippen molar-refractivity contribution in [3.8, 4) is 11.4 Å². The molecule has 1 amide bonds. The van der Waals surface area contributed by atoms with Crippen LogP contribution >= 0.6 is 11.3 Å². The van der Waals surface area contributed by atoms with E-state index in [1.807, 2.05) is 0 Å². The normalized spacial score (nSPS) is 14.3. The first kappa shape index (κ1) is 22.0. The van der Waals surface area contributed by atoms with Crippen molar-refractivity contribution in [2.24, 2.45) is 5.92 Å². The predicted octanol–water partition coefficient (Wildman–Crippen LogP) is 4.15. The Morgan fingerprint density at radius 2 is 1.91 bits per heavy atom. The summed E-state index contributed by atoms with van der Waals surface area (Å²) in [4.78, 5) is 38.9. The molecule has 9 heteroatoms. The fourth-order valence-electron chi connectivity index (χ4n) is 3.97. The number of rotatable bonds is 6. The van der Waals surface area contributed by atoms with Crippen LogP contribution in [0.2, 0.25) is 0 Å². The van der Waals surface area contributed by atoms with Crippen LogP contribution in [-0.4, -0.2) is 35.4 Å². The van der Waals surface area contributed by atoms with E-state index in [-0.39, 0.29) is 29.5 Å². The molecule has 1 N–H and O–H groups in total. The minimum Gasteiger partial charge on any atom is -0.497 e. The average molecular weight is 456 g/mol. The molecular weight excluding hydrogens is 430 g/mol. The highest BCUT2D eigenvalue weighted by Crippen LogP contribution is 2.32. The molecular formula is C23H25N3O5S. The summed E-state index contributed by atoms with van der Waals surface area (Å²) in [6.45, 7) is 1.89. The number of methoxy groups -OCH3 is 1. The van der Waals surface area contributed by atoms with Gasteiger partial charge in [-0.3, -0.25) is 9.59 Å². The molecule has 0 radical (unpaired) electrons. The van der Waals surface area contributed by atoms with E-state index >= 15 is 0 Å². The summed E-state index contributed by atoms with van der Waals surface area (Å²) < 4.78 is 11.5. The number of nitrogens with one attached hydrogen (secondary N) is 1. The number of ether oxygens (including phenoxy) is 2. The number of hydrogen-bond donors (Lipinski definition) is 1. The fourth-order valence-corrected chi connectivity index (χ4v) is 4.91. The summed E-state index contributed by atoms with van der Waals surface area (Å²) in [5, 5.41) is 9.98. The number of fused-ring (bicyclic) bond motifs is 1. The Labute approximate surface area is 189 Å². The van der Waals surface area contributed by atoms with Crippen molar-refractivity contribution in [1.29, 1.82) is 0 Å². The number of anilines is 1. The number of aromatic nitrogens is 2. The maximum atomic E-state index is 13.4. The molecule has 3 aromatic rings. The first-order valence-corrected chi connectivity index (χ1v) is 11.6. The average Bonchev–Trinajstić information content (AvgIpc) is 3.24. The molecule has 1 aromatic carbocycles. The minimum atomic E-state index is -0.622. The zero-order valence-corrected chi connectivity index (χ0v) is 18.9. The third-order valence-electron chi connectivity index (χ3n) is 5.65. The van der Waals surface area contributed by atoms with Crippen molar-refractivity contribution in [2.45, 2.75) is 39.0 Å². The van der Waals surface area contributed by atoms with Gasteiger partial charge in [-0.05, 0) is 44.0 Å². The number of hydrogen-bond acceptors (Lipinski definition) is 7. The number of carbonyl (C=O) groups excluding carboxylic acids is 2. The van der Waals surface area contributed by atoms with Crippen LogP contribution in [0, 0.1) is 5.92 Å². The van der Waals surface area contributed by atoms with Gasteiger partial charge in [0.05, 0.1) is 24.8 Å². The molecule has 1 saturated carbocycles. The first-order valence-electron chi connectivity index (χ1n) is 10.7. The maximum absolute atomic E-state index is 13.4. The van der Waals surface area contributed by atoms with Gasteiger partial charge in [-0.1, -0.05) is 19.3 Å². The van der Waals surface area contributed by atoms with Gasteiger partial charge in [0.2, 0.25) is 5.91 Å². The van der Waals surface area contributed by atoms with Gasteiger partial charge in [-0.2, -0.15) is 9.78 Å². The Balaban J connectivity index is 1.82. The molecule has 1 aliphatic rings. The highest BCUT2D eigenvalue weighted by molar-refractivity contribution is 7.16. The van der Waals surface area contributed by atoms with Crippen LogP contribution in [0.15, 0.2) is 34.4 Å². The predicted molar refractivity (Wildman–Crippen MR) is 123 cm³/mol. The Morgan fingerprint density at radius 3 is 2.56 bits per heavy atom. The van der Waals surface area contributed by atoms with Gasteiger partial charge in [-0.15, -0.1) is 11.3 Å². The summed E-state index contributed by atoms with van der Waals surface area (Å²) in [6.07, 6.45) is 4.91. The Hall–Kier alpha value is -3.20. The number of thiophene rings is 1. The monoisotopic (exact) mass is 455 g/mol. The topological polar surface area (TPSA) is 99.5 Å². The van der Waals surface area contributed by atoms with Gasteiger partial charge in [0.1, 0.15) is 10.8 Å². The van der Waals surface area contributed by atoms with Crippen molar-refractivity contribution in [3.05, 3.63) is 45.7 Å². The molecule has 2 heterocycles. The Kier molecular flexibility index (Phi) is 6.55. The van der Waals surface area contributed by atoms with Crippen LogP contribution in [0.1, 0.15) is 49.5 Å². The largest absolute Gasteiger partial charge is 0.497 e. The molecule has 0 unspecified atom stereocenters. The van der Waals surface area contributed by atoms with Crippen LogP contribution in [0.25, 0.3) is 16.5 Å². The standard InChI is InChI=1S/C23H25N3O5S/c1-3-31-23(29)19-17-13-32-21(24-20(27)14-7-5-4-6-8-14)18(17)22(28)26(25-19)15-9-11-16(30-2)12-10-15/h9-14H,3-8H2,1-2H3,(H,24,27). The van der Waals surface area contributed by atoms with Crippen molar-refractivity contribution in [2.75, 3.05) is 19.0 Å². The van der Waals surface area contributed by atoms with Crippen molar-refractivity contribution >= 4 is 39.0 Å². The molecule has 0 aliphatic heterocycles. The van der Waals surface area contributed by atoms with E-state index in [4.69, 9.17) is 9.47 Å². The van der Waals surface area contributed by atoms with E-state index < -0.39 is 11.5 Å². The second kappa shape index (κ2) is 9.52. The molecule has 2 aromatic heterocycles. The molecule has 0 saturated heterocycles. The van der Waals surface area contributed by atoms with Gasteiger partial charge in [0.15, 0.2) is 5.69 Å². The summed E-state index contributed by atoms with van der Waals surface area (Å²) in [7, 11) is 1.55. The zero-order chi connectivity index (χ0) is 22.7. The third kappa shape index (κ3) is 4.25. The molecule has 1 fully saturated rings. The second-order valence-electron chi connectivity index (χ2n) is 7.66. The summed E-state index contributed by atoms with van der Waals surface area (Å²) in [5.74, 6) is -0.137. The highest BCUT2D eigenvalue weighted by atomic mass is 32.1. The summed E-state index contributed by atoms with van der Waals surface area (Å²) in [6, 6.07) is 6.77. The number of nitrogens with zero attached hydrogens (tertiary/aromatic N) is 2. The maximum Gasteiger partial charge on any atom is 0.359 e. The molecule has 1 aliphatic carbocycles. The van der Waals surface area contributed by atoms with E-state index in [9.17, 15) is 14.4 Å². The third-order valence-corrected chi connectivity index (χ3v) is 6.55. The molecule has 0 spiro atoms. The summed E-state index contributed by atoms with van der Waals surface area (Å²) in [5.41, 5.74) is 0.0871. The number of carbonyl (C=O) groups is 2. The van der Waals surface area contributed by atoms with Crippen molar-refractivity contribution in [1.82, 2.24) is 9.78 Å². The van der Waals surface area contributed by atoms with Crippen LogP contribution in [0.4, 0.5) is 5.00 Å². The quantitative estimate of drug-likeness (QED) is 0.561. The number of esters is 1. The fraction of sp³-hybridized carbons (Fsp3) is 0.391. The molecule has 8 nitrogen and oxygen atoms in total. The van der Waals surface area contributed by atoms with Crippen LogP contribution in [-0.2, 0) is 9.53 Å². The van der Waals surface area contributed by atoms with Crippen LogP contribution < -0.4 is 15.6 Å². The van der Waals surface area contributed by atoms with E-state index in [1.54, 1.807) is 43.7 Å². The second-order valence-corrected chi connectivity index (χ2v) is 8.54. The SMILES string of the molecule is CCOC(=O)c1nn(-c2ccc(OC)cc2)c(=O)c2c(NC(=O)C3CCCCC3)scc12. The number of benzene rings is 1. The molecule has 168 valence electrons. The molecule has 0 atom stereocenters. The molecule has 4 rings (SSSR count). The van der Waals surface area contributed by atoms with Gasteiger partial charge in [0.25, 0.3) is 5.56 Å². The minimum absolute atomic E-state index is 0.0340. The van der Waals surface area contributed by atoms with Gasteiger partial charge in [0, 0.05) is 16.7 Å². The lowest BCUT2D eigenvalue weighted by molar-refractivity contribution is -0.120. The van der Waals surface area contributed by atoms with Crippen molar-refractivity contribution in [3.63, 3.8) is 0 Å². The molecule has 32 heavy (non-hydrogen) atoms. The number of amides is 1. The molecule has 0 bridgehead atoms. The first-order chi connectivity index (χ1) is 15.5. The van der Waals surface area contributed by atoms with Crippen molar-refractivity contribution < 1.29 is 19.1 Å². The van der Waals surface area contributed by atoms with Gasteiger partial charge >= 0.3 is 5.97 Å². The summed E-state index contributed by atoms with van der Waals surface area (Å²) >= 11 is 1.22. The smallest absolute Gasteiger partial charge is 0.359 e. The lowest BCUT2D eigenvalue weighted by Crippen LogP contribution is -2.27. The van der Waals surface area contributed by atoms with Crippen LogP contribution in [0.3, 0.4) is 0 Å². The Morgan fingerprint density at radius 1 is 1.19 bits per heavy atom. The highest BCUT2D eigenvalue weighted by Gasteiger charge is 2.26. The van der Waals surface area contributed by atoms with Crippen LogP contribution in [0.5, 0.6) is 5.75 Å². The van der Waals surface area contributed by atoms with Gasteiger partial charge in [-0.25, -0.2) is 4.79 Å². The van der Waals surface area contributed by atoms with E-state index in [2.05, 4.69) is 10.4 Å². The van der Waals surface area contributed by atoms with E-state index in [0.717, 1.165) is 36.8 Å². The van der Waals surface area contributed by atoms with E-state index in [1.165, 1.54) is 11.3 Å². The van der Waals surface area contributed by atoms with E-state index in [0.29, 0.717) is 21.8 Å². The lowest BCUT2D eigenvalue weighted by atomic mass is 9.89.